The summed E-state index contributed by atoms with van der Waals surface area (Å²) >= 11 is 5.94. The monoisotopic (exact) mass is 431 g/mol. The number of carbonyl (C=O) groups is 1. The summed E-state index contributed by atoms with van der Waals surface area (Å²) in [6, 6.07) is 7.59. The Morgan fingerprint density at radius 2 is 1.80 bits per heavy atom. The van der Waals surface area contributed by atoms with Crippen LogP contribution in [0.1, 0.15) is 54.6 Å². The molecule has 2 aromatic rings. The van der Waals surface area contributed by atoms with Crippen molar-refractivity contribution in [3.8, 4) is 0 Å². The molecule has 0 unspecified atom stereocenters. The molecule has 1 aromatic carbocycles. The number of rotatable bonds is 6. The number of nitrogens with one attached hydrogen (secondary N) is 1. The third kappa shape index (κ3) is 5.20. The van der Waals surface area contributed by atoms with Crippen LogP contribution in [0.25, 0.3) is 0 Å². The van der Waals surface area contributed by atoms with Gasteiger partial charge in [0.05, 0.1) is 26.0 Å². The predicted molar refractivity (Wildman–Crippen MR) is 116 cm³/mol. The van der Waals surface area contributed by atoms with Crippen molar-refractivity contribution in [3.05, 3.63) is 46.7 Å². The molecule has 1 amide bonds. The number of amides is 1. The predicted octanol–water partition coefficient (Wildman–Crippen LogP) is 3.13. The molecule has 1 aliphatic carbocycles. The number of hydrogen-bond acceptors (Lipinski definition) is 5. The number of carbonyl (C=O) groups excluding carboxylic acids is 1. The first-order chi connectivity index (χ1) is 14.6. The van der Waals surface area contributed by atoms with Crippen LogP contribution in [0.2, 0.25) is 5.02 Å². The number of morpholine rings is 1. The van der Waals surface area contributed by atoms with E-state index in [1.54, 1.807) is 10.9 Å². The van der Waals surface area contributed by atoms with Gasteiger partial charge in [-0.15, -0.1) is 5.10 Å². The molecule has 30 heavy (non-hydrogen) atoms. The van der Waals surface area contributed by atoms with Crippen molar-refractivity contribution in [3.63, 3.8) is 0 Å². The average molecular weight is 432 g/mol. The van der Waals surface area contributed by atoms with Gasteiger partial charge in [-0.3, -0.25) is 9.69 Å². The number of benzene rings is 1. The Bertz CT molecular complexity index is 824. The topological polar surface area (TPSA) is 72.3 Å². The lowest BCUT2D eigenvalue weighted by molar-refractivity contribution is -0.0281. The number of ether oxygens (including phenoxy) is 1. The highest BCUT2D eigenvalue weighted by atomic mass is 35.5. The van der Waals surface area contributed by atoms with Crippen LogP contribution in [0.15, 0.2) is 30.5 Å². The Hall–Kier alpha value is -1.96. The Morgan fingerprint density at radius 1 is 1.10 bits per heavy atom. The van der Waals surface area contributed by atoms with Crippen LogP contribution in [0.3, 0.4) is 0 Å². The summed E-state index contributed by atoms with van der Waals surface area (Å²) in [5.74, 6) is -0.158. The van der Waals surface area contributed by atoms with Gasteiger partial charge < -0.3 is 10.1 Å². The van der Waals surface area contributed by atoms with Gasteiger partial charge in [0, 0.05) is 30.2 Å². The highest BCUT2D eigenvalue weighted by Gasteiger charge is 2.38. The standard InChI is InChI=1S/C22H30ClN5O2/c23-19-7-5-18(6-8-19)15-28-16-20(25-26-28)21(29)24-17-22(9-3-1-2-4-10-22)27-11-13-30-14-12-27/h5-8,16H,1-4,9-15,17H2,(H,24,29). The first-order valence-corrected chi connectivity index (χ1v) is 11.3. The minimum absolute atomic E-state index is 0.0231. The SMILES string of the molecule is O=C(NCC1(N2CCOCC2)CCCCCC1)c1cn(Cc2ccc(Cl)cc2)nn1. The third-order valence-corrected chi connectivity index (χ3v) is 6.58. The molecule has 2 aliphatic rings. The Labute approximate surface area is 182 Å². The highest BCUT2D eigenvalue weighted by Crippen LogP contribution is 2.33. The van der Waals surface area contributed by atoms with Crippen molar-refractivity contribution in [1.29, 1.82) is 0 Å². The molecular formula is C22H30ClN5O2. The molecule has 162 valence electrons. The maximum Gasteiger partial charge on any atom is 0.273 e. The summed E-state index contributed by atoms with van der Waals surface area (Å²) in [5, 5.41) is 12.1. The van der Waals surface area contributed by atoms with E-state index >= 15 is 0 Å². The van der Waals surface area contributed by atoms with Crippen LogP contribution in [-0.4, -0.2) is 64.2 Å². The van der Waals surface area contributed by atoms with Gasteiger partial charge in [-0.05, 0) is 30.5 Å². The summed E-state index contributed by atoms with van der Waals surface area (Å²) in [7, 11) is 0. The van der Waals surface area contributed by atoms with E-state index in [1.807, 2.05) is 24.3 Å². The van der Waals surface area contributed by atoms with Gasteiger partial charge in [0.1, 0.15) is 0 Å². The van der Waals surface area contributed by atoms with Gasteiger partial charge in [0.25, 0.3) is 5.91 Å². The summed E-state index contributed by atoms with van der Waals surface area (Å²) in [4.78, 5) is 15.4. The Kier molecular flexibility index (Phi) is 7.02. The van der Waals surface area contributed by atoms with E-state index in [2.05, 4.69) is 20.5 Å². The molecule has 1 aromatic heterocycles. The largest absolute Gasteiger partial charge is 0.379 e. The molecule has 0 radical (unpaired) electrons. The first-order valence-electron chi connectivity index (χ1n) is 10.9. The van der Waals surface area contributed by atoms with E-state index in [4.69, 9.17) is 16.3 Å². The molecule has 2 heterocycles. The van der Waals surface area contributed by atoms with E-state index < -0.39 is 0 Å². The molecule has 1 saturated heterocycles. The zero-order chi connectivity index (χ0) is 20.8. The summed E-state index contributed by atoms with van der Waals surface area (Å²) in [6.45, 7) is 4.62. The lowest BCUT2D eigenvalue weighted by atomic mass is 9.87. The van der Waals surface area contributed by atoms with E-state index in [1.165, 1.54) is 25.7 Å². The normalized spacial score (nSPS) is 19.9. The number of halogens is 1. The van der Waals surface area contributed by atoms with E-state index in [0.717, 1.165) is 44.7 Å². The van der Waals surface area contributed by atoms with Gasteiger partial charge in [-0.25, -0.2) is 4.68 Å². The maximum atomic E-state index is 12.8. The third-order valence-electron chi connectivity index (χ3n) is 6.32. The fourth-order valence-corrected chi connectivity index (χ4v) is 4.75. The molecule has 2 fully saturated rings. The van der Waals surface area contributed by atoms with Crippen LogP contribution >= 0.6 is 11.6 Å². The van der Waals surface area contributed by atoms with Crippen LogP contribution < -0.4 is 5.32 Å². The fourth-order valence-electron chi connectivity index (χ4n) is 4.62. The molecule has 7 nitrogen and oxygen atoms in total. The molecule has 8 heteroatoms. The zero-order valence-corrected chi connectivity index (χ0v) is 18.1. The zero-order valence-electron chi connectivity index (χ0n) is 17.4. The molecule has 0 bridgehead atoms. The van der Waals surface area contributed by atoms with Crippen LogP contribution in [0.4, 0.5) is 0 Å². The van der Waals surface area contributed by atoms with E-state index in [-0.39, 0.29) is 11.4 Å². The van der Waals surface area contributed by atoms with Gasteiger partial charge in [0.15, 0.2) is 5.69 Å². The molecule has 1 aliphatic heterocycles. The lowest BCUT2D eigenvalue weighted by Gasteiger charge is -2.45. The minimum Gasteiger partial charge on any atom is -0.379 e. The number of nitrogens with zero attached hydrogens (tertiary/aromatic N) is 4. The quantitative estimate of drug-likeness (QED) is 0.711. The van der Waals surface area contributed by atoms with Crippen molar-refractivity contribution in [1.82, 2.24) is 25.2 Å². The Balaban J connectivity index is 1.39. The van der Waals surface area contributed by atoms with Crippen LogP contribution in [0.5, 0.6) is 0 Å². The van der Waals surface area contributed by atoms with E-state index in [0.29, 0.717) is 23.8 Å². The fraction of sp³-hybridized carbons (Fsp3) is 0.591. The molecule has 1 saturated carbocycles. The Morgan fingerprint density at radius 3 is 2.50 bits per heavy atom. The van der Waals surface area contributed by atoms with Crippen molar-refractivity contribution < 1.29 is 9.53 Å². The smallest absolute Gasteiger partial charge is 0.273 e. The van der Waals surface area contributed by atoms with Gasteiger partial charge >= 0.3 is 0 Å². The van der Waals surface area contributed by atoms with Crippen molar-refractivity contribution in [2.45, 2.75) is 50.6 Å². The second kappa shape index (κ2) is 9.90. The van der Waals surface area contributed by atoms with Gasteiger partial charge in [-0.1, -0.05) is 54.6 Å². The average Bonchev–Trinajstić information content (AvgIpc) is 3.11. The minimum atomic E-state index is -0.158. The van der Waals surface area contributed by atoms with Crippen molar-refractivity contribution in [2.75, 3.05) is 32.8 Å². The molecule has 4 rings (SSSR count). The second-order valence-corrected chi connectivity index (χ2v) is 8.78. The van der Waals surface area contributed by atoms with Crippen LogP contribution in [0, 0.1) is 0 Å². The molecular weight excluding hydrogens is 402 g/mol. The summed E-state index contributed by atoms with van der Waals surface area (Å²) < 4.78 is 7.24. The number of aromatic nitrogens is 3. The second-order valence-electron chi connectivity index (χ2n) is 8.35. The summed E-state index contributed by atoms with van der Waals surface area (Å²) in [5.41, 5.74) is 1.44. The summed E-state index contributed by atoms with van der Waals surface area (Å²) in [6.07, 6.45) is 8.93. The van der Waals surface area contributed by atoms with Crippen LogP contribution in [-0.2, 0) is 11.3 Å². The first kappa shape index (κ1) is 21.3. The van der Waals surface area contributed by atoms with Crippen molar-refractivity contribution in [2.24, 2.45) is 0 Å². The highest BCUT2D eigenvalue weighted by molar-refractivity contribution is 6.30. The van der Waals surface area contributed by atoms with E-state index in [9.17, 15) is 4.79 Å². The van der Waals surface area contributed by atoms with Gasteiger partial charge in [0.2, 0.25) is 0 Å². The van der Waals surface area contributed by atoms with Crippen molar-refractivity contribution >= 4 is 17.5 Å². The molecule has 1 N–H and O–H groups in total. The lowest BCUT2D eigenvalue weighted by Crippen LogP contribution is -2.58. The van der Waals surface area contributed by atoms with Gasteiger partial charge in [-0.2, -0.15) is 0 Å². The molecule has 0 spiro atoms. The maximum absolute atomic E-state index is 12.8. The number of hydrogen-bond donors (Lipinski definition) is 1. The molecule has 0 atom stereocenters.